The number of nitrogens with zero attached hydrogens (tertiary/aromatic N) is 1. The number of nitriles is 1. The number of hydrogen-bond donors (Lipinski definition) is 0. The normalized spacial score (nSPS) is 10.0. The largest absolute Gasteiger partial charge is 0.192 e. The number of alkyl halides is 1. The zero-order valence-electron chi connectivity index (χ0n) is 7.50. The van der Waals surface area contributed by atoms with Gasteiger partial charge in [-0.2, -0.15) is 5.26 Å². The molecule has 2 rings (SSSR count). The Kier molecular flexibility index (Phi) is 2.51. The zero-order chi connectivity index (χ0) is 9.97. The first kappa shape index (κ1) is 9.23. The van der Waals surface area contributed by atoms with Crippen molar-refractivity contribution in [3.05, 3.63) is 47.5 Å². The molecule has 0 aromatic heterocycles. The van der Waals surface area contributed by atoms with E-state index in [0.717, 1.165) is 21.7 Å². The third-order valence-corrected chi connectivity index (χ3v) is 2.87. The molecule has 14 heavy (non-hydrogen) atoms. The molecule has 0 heterocycles. The predicted molar refractivity (Wildman–Crippen MR) is 61.3 cm³/mol. The van der Waals surface area contributed by atoms with Crippen LogP contribution < -0.4 is 0 Å². The number of fused-ring (bicyclic) bond motifs is 1. The van der Waals surface area contributed by atoms with Crippen molar-refractivity contribution in [3.8, 4) is 6.07 Å². The van der Waals surface area contributed by atoms with Crippen molar-refractivity contribution >= 4 is 26.7 Å². The lowest BCUT2D eigenvalue weighted by atomic mass is 10.0. The van der Waals surface area contributed by atoms with Gasteiger partial charge < -0.3 is 0 Å². The summed E-state index contributed by atoms with van der Waals surface area (Å²) in [5.41, 5.74) is 1.94. The molecule has 0 saturated heterocycles. The molecule has 0 fully saturated rings. The highest BCUT2D eigenvalue weighted by molar-refractivity contribution is 9.08. The third kappa shape index (κ3) is 1.51. The summed E-state index contributed by atoms with van der Waals surface area (Å²) in [6, 6.07) is 14.2. The summed E-state index contributed by atoms with van der Waals surface area (Å²) >= 11 is 3.41. The van der Waals surface area contributed by atoms with Crippen LogP contribution in [0.25, 0.3) is 10.8 Å². The molecule has 0 amide bonds. The van der Waals surface area contributed by atoms with Gasteiger partial charge in [0, 0.05) is 5.33 Å². The van der Waals surface area contributed by atoms with E-state index in [1.54, 1.807) is 0 Å². The van der Waals surface area contributed by atoms with E-state index in [1.807, 2.05) is 24.3 Å². The van der Waals surface area contributed by atoms with E-state index in [0.29, 0.717) is 0 Å². The molecule has 0 atom stereocenters. The van der Waals surface area contributed by atoms with Crippen LogP contribution in [-0.4, -0.2) is 0 Å². The van der Waals surface area contributed by atoms with Crippen molar-refractivity contribution < 1.29 is 0 Å². The summed E-state index contributed by atoms with van der Waals surface area (Å²) < 4.78 is 0. The lowest BCUT2D eigenvalue weighted by molar-refractivity contribution is 1.45. The smallest absolute Gasteiger partial charge is 0.0998 e. The number of rotatable bonds is 1. The maximum atomic E-state index is 8.94. The topological polar surface area (TPSA) is 23.8 Å². The van der Waals surface area contributed by atoms with Crippen molar-refractivity contribution in [2.75, 3.05) is 0 Å². The van der Waals surface area contributed by atoms with Gasteiger partial charge in [0.15, 0.2) is 0 Å². The molecule has 0 aliphatic carbocycles. The van der Waals surface area contributed by atoms with Gasteiger partial charge in [-0.25, -0.2) is 0 Å². The summed E-state index contributed by atoms with van der Waals surface area (Å²) in [6.07, 6.45) is 0. The summed E-state index contributed by atoms with van der Waals surface area (Å²) in [5.74, 6) is 0. The Bertz CT molecular complexity index is 511. The van der Waals surface area contributed by atoms with Gasteiger partial charge in [0.05, 0.1) is 11.6 Å². The summed E-state index contributed by atoms with van der Waals surface area (Å²) in [4.78, 5) is 0. The molecule has 2 heteroatoms. The molecule has 2 aromatic rings. The van der Waals surface area contributed by atoms with Crippen molar-refractivity contribution in [2.45, 2.75) is 5.33 Å². The zero-order valence-corrected chi connectivity index (χ0v) is 9.08. The number of benzene rings is 2. The van der Waals surface area contributed by atoms with Gasteiger partial charge in [-0.15, -0.1) is 0 Å². The van der Waals surface area contributed by atoms with Crippen LogP contribution in [0.4, 0.5) is 0 Å². The fourth-order valence-electron chi connectivity index (χ4n) is 1.50. The Labute approximate surface area is 91.1 Å². The maximum absolute atomic E-state index is 8.94. The lowest BCUT2D eigenvalue weighted by Crippen LogP contribution is -1.82. The third-order valence-electron chi connectivity index (χ3n) is 2.22. The minimum atomic E-state index is 0.741. The molecule has 1 nitrogen and oxygen atoms in total. The molecule has 0 unspecified atom stereocenters. The Morgan fingerprint density at radius 1 is 1.21 bits per heavy atom. The quantitative estimate of drug-likeness (QED) is 0.705. The highest BCUT2D eigenvalue weighted by Crippen LogP contribution is 2.20. The van der Waals surface area contributed by atoms with E-state index in [4.69, 9.17) is 5.26 Å². The minimum absolute atomic E-state index is 0.741. The van der Waals surface area contributed by atoms with Crippen LogP contribution in [0.15, 0.2) is 36.4 Å². The van der Waals surface area contributed by atoms with Gasteiger partial charge in [0.25, 0.3) is 0 Å². The second-order valence-electron chi connectivity index (χ2n) is 3.11. The fraction of sp³-hybridized carbons (Fsp3) is 0.0833. The molecule has 0 radical (unpaired) electrons. The Hall–Kier alpha value is -1.33. The summed E-state index contributed by atoms with van der Waals surface area (Å²) in [6.45, 7) is 0. The molecular weight excluding hydrogens is 238 g/mol. The summed E-state index contributed by atoms with van der Waals surface area (Å²) in [7, 11) is 0. The number of hydrogen-bond acceptors (Lipinski definition) is 1. The van der Waals surface area contributed by atoms with E-state index >= 15 is 0 Å². The highest BCUT2D eigenvalue weighted by atomic mass is 79.9. The van der Waals surface area contributed by atoms with Crippen LogP contribution in [0.5, 0.6) is 0 Å². The molecule has 2 aromatic carbocycles. The first-order valence-corrected chi connectivity index (χ1v) is 5.45. The molecule has 68 valence electrons. The Morgan fingerprint density at radius 3 is 2.79 bits per heavy atom. The van der Waals surface area contributed by atoms with Crippen LogP contribution in [0, 0.1) is 11.3 Å². The SMILES string of the molecule is N#Cc1cccc2ccc(CBr)cc12. The van der Waals surface area contributed by atoms with Crippen molar-refractivity contribution in [1.82, 2.24) is 0 Å². The minimum Gasteiger partial charge on any atom is -0.192 e. The monoisotopic (exact) mass is 245 g/mol. The van der Waals surface area contributed by atoms with E-state index < -0.39 is 0 Å². The van der Waals surface area contributed by atoms with Crippen LogP contribution in [0.3, 0.4) is 0 Å². The van der Waals surface area contributed by atoms with Gasteiger partial charge in [-0.05, 0) is 28.5 Å². The van der Waals surface area contributed by atoms with Gasteiger partial charge in [-0.3, -0.25) is 0 Å². The van der Waals surface area contributed by atoms with E-state index in [-0.39, 0.29) is 0 Å². The van der Waals surface area contributed by atoms with E-state index in [2.05, 4.69) is 34.1 Å². The van der Waals surface area contributed by atoms with Crippen LogP contribution in [0.1, 0.15) is 11.1 Å². The molecule has 0 saturated carbocycles. The van der Waals surface area contributed by atoms with Crippen LogP contribution >= 0.6 is 15.9 Å². The fourth-order valence-corrected chi connectivity index (χ4v) is 1.85. The van der Waals surface area contributed by atoms with Crippen molar-refractivity contribution in [2.24, 2.45) is 0 Å². The molecule has 0 bridgehead atoms. The summed E-state index contributed by atoms with van der Waals surface area (Å²) in [5, 5.41) is 11.9. The first-order valence-electron chi connectivity index (χ1n) is 4.33. The second kappa shape index (κ2) is 3.81. The molecule has 0 N–H and O–H groups in total. The molecule has 0 spiro atoms. The first-order chi connectivity index (χ1) is 6.85. The Balaban J connectivity index is 2.78. The van der Waals surface area contributed by atoms with Gasteiger partial charge in [0.2, 0.25) is 0 Å². The van der Waals surface area contributed by atoms with Crippen LogP contribution in [-0.2, 0) is 5.33 Å². The standard InChI is InChI=1S/C12H8BrN/c13-7-9-4-5-10-2-1-3-11(8-14)12(10)6-9/h1-6H,7H2. The maximum Gasteiger partial charge on any atom is 0.0998 e. The van der Waals surface area contributed by atoms with Crippen molar-refractivity contribution in [1.29, 1.82) is 5.26 Å². The average molecular weight is 246 g/mol. The van der Waals surface area contributed by atoms with Crippen molar-refractivity contribution in [3.63, 3.8) is 0 Å². The predicted octanol–water partition coefficient (Wildman–Crippen LogP) is 3.61. The van der Waals surface area contributed by atoms with E-state index in [1.165, 1.54) is 5.56 Å². The van der Waals surface area contributed by atoms with Gasteiger partial charge >= 0.3 is 0 Å². The van der Waals surface area contributed by atoms with Gasteiger partial charge in [0.1, 0.15) is 0 Å². The molecule has 0 aliphatic heterocycles. The van der Waals surface area contributed by atoms with Crippen LogP contribution in [0.2, 0.25) is 0 Å². The van der Waals surface area contributed by atoms with Gasteiger partial charge in [-0.1, -0.05) is 40.2 Å². The highest BCUT2D eigenvalue weighted by Gasteiger charge is 2.00. The number of halogens is 1. The molecular formula is C12H8BrN. The molecule has 0 aliphatic rings. The lowest BCUT2D eigenvalue weighted by Gasteiger charge is -2.01. The second-order valence-corrected chi connectivity index (χ2v) is 3.67. The Morgan fingerprint density at radius 2 is 2.07 bits per heavy atom. The average Bonchev–Trinajstić information content (AvgIpc) is 2.27. The van der Waals surface area contributed by atoms with E-state index in [9.17, 15) is 0 Å².